The Morgan fingerprint density at radius 2 is 2.04 bits per heavy atom. The molecule has 0 fully saturated rings. The Morgan fingerprint density at radius 1 is 1.39 bits per heavy atom. The Kier molecular flexibility index (Phi) is 8.73. The van der Waals surface area contributed by atoms with Gasteiger partial charge in [0.2, 0.25) is 0 Å². The van der Waals surface area contributed by atoms with Gasteiger partial charge >= 0.3 is 5.97 Å². The molecule has 2 N–H and O–H groups in total. The number of methoxy groups -OCH3 is 1. The van der Waals surface area contributed by atoms with Crippen LogP contribution in [0.25, 0.3) is 10.9 Å². The summed E-state index contributed by atoms with van der Waals surface area (Å²) in [5.41, 5.74) is 1.48. The number of rotatable bonds is 7. The van der Waals surface area contributed by atoms with Crippen LogP contribution in [0.4, 0.5) is 0 Å². The number of carbonyl (C=O) groups excluding carboxylic acids is 2. The van der Waals surface area contributed by atoms with Crippen LogP contribution in [0.3, 0.4) is 0 Å². The maximum Gasteiger partial charge on any atom is 0.323 e. The number of hydrogen-bond donors (Lipinski definition) is 2. The molecule has 0 spiro atoms. The fraction of sp³-hybridized carbons (Fsp3) is 0.421. The number of nitrogens with zero attached hydrogens (tertiary/aromatic N) is 1. The van der Waals surface area contributed by atoms with Crippen molar-refractivity contribution in [3.8, 4) is 5.75 Å². The molecule has 0 aliphatic heterocycles. The van der Waals surface area contributed by atoms with Gasteiger partial charge in [0.15, 0.2) is 0 Å². The van der Waals surface area contributed by atoms with Crippen LogP contribution in [0, 0.1) is 0 Å². The van der Waals surface area contributed by atoms with Gasteiger partial charge in [0.05, 0.1) is 7.11 Å². The number of aromatic nitrogens is 1. The molecule has 28 heavy (non-hydrogen) atoms. The molecular formula is C19H25FmN2O6-. The quantitative estimate of drug-likeness (QED) is 0.274. The molecule has 1 atom stereocenters. The summed E-state index contributed by atoms with van der Waals surface area (Å²) in [4.78, 5) is 31.0. The third-order valence-electron chi connectivity index (χ3n) is 3.64. The molecule has 0 aliphatic rings. The SMILES string of the molecule is CC(C)(C)OC=O.COc1ccc2c(c1)c(C[C@H](N[C-]=O)C(=O)O)cn2C.[Fm]. The standard InChI is InChI=1S/C14H15N2O4.C5H10O2.Fm/c1-16-7-9(5-12(14(18)19)15-8-17)11-6-10(20-2)3-4-13(11)16;1-5(2,3)7-4-6;/h3-4,6-7,12H,5H2,1-2H3,(H,15,17)(H,18,19);4H,1-3H3;/q-1;;/t12-;;/m0../s1. The van der Waals surface area contributed by atoms with E-state index in [1.54, 1.807) is 7.11 Å². The number of aryl methyl sites for hydroxylation is 1. The minimum absolute atomic E-state index is 0. The number of carbonyl (C=O) groups is 2. The van der Waals surface area contributed by atoms with Crippen LogP contribution in [-0.2, 0) is 32.6 Å². The maximum absolute atomic E-state index is 11.1. The van der Waals surface area contributed by atoms with Gasteiger partial charge in [0.25, 0.3) is 6.47 Å². The van der Waals surface area contributed by atoms with Gasteiger partial charge in [0, 0.05) is 30.6 Å². The van der Waals surface area contributed by atoms with Crippen LogP contribution in [0.5, 0.6) is 5.75 Å². The molecule has 0 aliphatic carbocycles. The summed E-state index contributed by atoms with van der Waals surface area (Å²) in [5.74, 6) is -0.389. The Morgan fingerprint density at radius 3 is 2.46 bits per heavy atom. The maximum atomic E-state index is 11.1. The summed E-state index contributed by atoms with van der Waals surface area (Å²) in [6, 6.07) is 4.61. The molecular weight excluding hydrogens is 609 g/mol. The van der Waals surface area contributed by atoms with Crippen LogP contribution >= 0.6 is 0 Å². The Balaban J connectivity index is 0.000000786. The van der Waals surface area contributed by atoms with Crippen molar-refractivity contribution in [2.45, 2.75) is 38.8 Å². The molecule has 1 aromatic heterocycles. The summed E-state index contributed by atoms with van der Waals surface area (Å²) in [7, 11) is 3.46. The van der Waals surface area contributed by atoms with Gasteiger partial charge in [-0.2, -0.15) is 6.41 Å². The van der Waals surface area contributed by atoms with Crippen molar-refractivity contribution in [1.82, 2.24) is 9.88 Å². The van der Waals surface area contributed by atoms with Gasteiger partial charge in [-0.05, 0) is 44.5 Å². The summed E-state index contributed by atoms with van der Waals surface area (Å²) in [6.07, 6.45) is 3.48. The van der Waals surface area contributed by atoms with Crippen LogP contribution < -0.4 is 10.1 Å². The Labute approximate surface area is 158 Å². The minimum Gasteiger partial charge on any atom is -0.520 e. The van der Waals surface area contributed by atoms with Crippen molar-refractivity contribution in [3.05, 3.63) is 30.0 Å². The van der Waals surface area contributed by atoms with E-state index in [1.165, 1.54) is 6.41 Å². The van der Waals surface area contributed by atoms with Gasteiger partial charge in [-0.15, -0.1) is 0 Å². The molecule has 2 aromatic rings. The predicted molar refractivity (Wildman–Crippen MR) is 100 cm³/mol. The largest absolute Gasteiger partial charge is 0.520 e. The summed E-state index contributed by atoms with van der Waals surface area (Å²) in [6.45, 7) is 5.92. The minimum atomic E-state index is -1.09. The molecule has 1 heterocycles. The monoisotopic (exact) mass is 634 g/mol. The molecule has 1 amide bonds. The zero-order valence-electron chi connectivity index (χ0n) is 16.4. The molecule has 0 saturated carbocycles. The van der Waals surface area contributed by atoms with E-state index in [4.69, 9.17) is 9.84 Å². The van der Waals surface area contributed by atoms with E-state index in [9.17, 15) is 14.4 Å². The first-order valence-electron chi connectivity index (χ1n) is 8.21. The fourth-order valence-electron chi connectivity index (χ4n) is 2.38. The Hall–Kier alpha value is -4.03. The number of aliphatic carboxylic acids is 1. The summed E-state index contributed by atoms with van der Waals surface area (Å²) < 4.78 is 11.6. The van der Waals surface area contributed by atoms with E-state index in [1.807, 2.05) is 56.8 Å². The Bertz CT molecular complexity index is 798. The number of ether oxygens (including phenoxy) is 2. The zero-order chi connectivity index (χ0) is 20.6. The van der Waals surface area contributed by atoms with Gasteiger partial charge in [0.1, 0.15) is 17.4 Å². The predicted octanol–water partition coefficient (Wildman–Crippen LogP) is 1.80. The molecule has 0 radical (unpaired) electrons. The van der Waals surface area contributed by atoms with E-state index >= 15 is 0 Å². The number of carboxylic acid groups (broad SMARTS) is 1. The van der Waals surface area contributed by atoms with Crippen molar-refractivity contribution >= 4 is 29.8 Å². The van der Waals surface area contributed by atoms with Crippen molar-refractivity contribution in [2.75, 3.05) is 7.11 Å². The van der Waals surface area contributed by atoms with E-state index in [-0.39, 0.29) is 12.0 Å². The molecule has 2 rings (SSSR count). The number of nitrogens with one attached hydrogen (secondary N) is 1. The van der Waals surface area contributed by atoms with E-state index in [2.05, 4.69) is 10.1 Å². The van der Waals surface area contributed by atoms with Crippen LogP contribution in [0.1, 0.15) is 26.3 Å². The summed E-state index contributed by atoms with van der Waals surface area (Å²) >= 11 is 0. The smallest absolute Gasteiger partial charge is 0.323 e. The van der Waals surface area contributed by atoms with Gasteiger partial charge < -0.3 is 29.3 Å². The molecule has 160 valence electrons. The fourth-order valence-corrected chi connectivity index (χ4v) is 2.38. The zero-order valence-corrected chi connectivity index (χ0v) is 18.8. The first-order valence-corrected chi connectivity index (χ1v) is 8.21. The topological polar surface area (TPSA) is 107 Å². The third kappa shape index (κ3) is 6.70. The molecule has 0 bridgehead atoms. The first kappa shape index (κ1) is 24.0. The van der Waals surface area contributed by atoms with Gasteiger partial charge in [-0.1, -0.05) is 0 Å². The normalized spacial score (nSPS) is 11.3. The van der Waals surface area contributed by atoms with Crippen molar-refractivity contribution in [3.63, 3.8) is 0 Å². The van der Waals surface area contributed by atoms with E-state index in [0.29, 0.717) is 12.2 Å². The second-order valence-electron chi connectivity index (χ2n) is 6.82. The number of hydrogen-bond acceptors (Lipinski definition) is 5. The van der Waals surface area contributed by atoms with Crippen molar-refractivity contribution < 1.29 is 29.0 Å². The van der Waals surface area contributed by atoms with Gasteiger partial charge in [-0.3, -0.25) is 9.59 Å². The molecule has 8 nitrogen and oxygen atoms in total. The average Bonchev–Trinajstić information content (AvgIpc) is 2.89. The van der Waals surface area contributed by atoms with Crippen LogP contribution in [0.15, 0.2) is 24.4 Å². The third-order valence-corrected chi connectivity index (χ3v) is 3.64. The van der Waals surface area contributed by atoms with Crippen molar-refractivity contribution in [2.24, 2.45) is 7.05 Å². The first-order chi connectivity index (χ1) is 12.6. The van der Waals surface area contributed by atoms with Crippen molar-refractivity contribution in [1.29, 1.82) is 0 Å². The second-order valence-corrected chi connectivity index (χ2v) is 6.82. The number of carboxylic acids is 1. The van der Waals surface area contributed by atoms with Gasteiger partial charge in [-0.25, -0.2) is 0 Å². The number of amides is 1. The molecule has 1 aromatic carbocycles. The van der Waals surface area contributed by atoms with E-state index < -0.39 is 12.0 Å². The second kappa shape index (κ2) is 10.2. The molecule has 0 unspecified atom stereocenters. The number of benzene rings is 1. The van der Waals surface area contributed by atoms with E-state index in [0.717, 1.165) is 16.5 Å². The number of fused-ring (bicyclic) bond motifs is 1. The average molecular weight is 634 g/mol. The van der Waals surface area contributed by atoms with Crippen LogP contribution in [0.2, 0.25) is 0 Å². The summed E-state index contributed by atoms with van der Waals surface area (Å²) in [5, 5.41) is 12.2. The van der Waals surface area contributed by atoms with Crippen LogP contribution in [-0.4, -0.2) is 47.3 Å². The molecule has 9 heteroatoms. The molecule has 0 saturated heterocycles.